The van der Waals surface area contributed by atoms with E-state index in [0.29, 0.717) is 5.56 Å². The first-order valence-corrected chi connectivity index (χ1v) is 10.1. The molecule has 10 heteroatoms. The van der Waals surface area contributed by atoms with Crippen LogP contribution in [0.2, 0.25) is 0 Å². The molecule has 146 valence electrons. The average Bonchev–Trinajstić information content (AvgIpc) is 3.15. The van der Waals surface area contributed by atoms with Crippen molar-refractivity contribution in [2.75, 3.05) is 33.2 Å². The molecule has 2 heterocycles. The van der Waals surface area contributed by atoms with Gasteiger partial charge in [-0.2, -0.15) is 22.5 Å². The number of hydrogen-bond donors (Lipinski definition) is 2. The van der Waals surface area contributed by atoms with Gasteiger partial charge < -0.3 is 9.85 Å². The summed E-state index contributed by atoms with van der Waals surface area (Å²) in [5.41, 5.74) is 1.14. The number of aromatic amines is 1. The van der Waals surface area contributed by atoms with Crippen LogP contribution in [-0.4, -0.2) is 72.6 Å². The van der Waals surface area contributed by atoms with Gasteiger partial charge in [-0.25, -0.2) is 0 Å². The van der Waals surface area contributed by atoms with Crippen molar-refractivity contribution < 1.29 is 17.9 Å². The number of hydrogen-bond acceptors (Lipinski definition) is 5. The predicted octanol–water partition coefficient (Wildman–Crippen LogP) is 0.298. The molecule has 1 aromatic heterocycles. The van der Waals surface area contributed by atoms with Crippen molar-refractivity contribution >= 4 is 16.0 Å². The highest BCUT2D eigenvalue weighted by atomic mass is 32.2. The van der Waals surface area contributed by atoms with Gasteiger partial charge in [0.1, 0.15) is 0 Å². The number of quaternary nitrogens is 1. The molecule has 0 amide bonds. The van der Waals surface area contributed by atoms with Crippen molar-refractivity contribution in [3.63, 3.8) is 0 Å². The van der Waals surface area contributed by atoms with E-state index in [1.165, 1.54) is 23.7 Å². The van der Waals surface area contributed by atoms with Crippen LogP contribution in [0.1, 0.15) is 15.9 Å². The van der Waals surface area contributed by atoms with Crippen LogP contribution in [-0.2, 0) is 16.6 Å². The smallest absolute Gasteiger partial charge is 0.280 e. The summed E-state index contributed by atoms with van der Waals surface area (Å²) in [6.07, 6.45) is 3.03. The number of piperazine rings is 1. The molecule has 0 saturated carbocycles. The molecule has 0 radical (unpaired) electrons. The van der Waals surface area contributed by atoms with Crippen molar-refractivity contribution in [2.24, 2.45) is 0 Å². The first kappa shape index (κ1) is 19.6. The summed E-state index contributed by atoms with van der Waals surface area (Å²) in [5.74, 6) is -0.363. The Morgan fingerprint density at radius 1 is 1.33 bits per heavy atom. The number of aromatic nitrogens is 2. The lowest BCUT2D eigenvalue weighted by Gasteiger charge is -2.44. The minimum absolute atomic E-state index is 0.118. The van der Waals surface area contributed by atoms with Crippen molar-refractivity contribution in [1.29, 1.82) is 0 Å². The highest BCUT2D eigenvalue weighted by Crippen LogP contribution is 2.14. The molecule has 1 saturated heterocycles. The Kier molecular flexibility index (Phi) is 5.72. The highest BCUT2D eigenvalue weighted by Gasteiger charge is 2.34. The maximum absolute atomic E-state index is 12.8. The molecule has 1 aliphatic rings. The molecule has 1 atom stereocenters. The molecular weight excluding hydrogens is 370 g/mol. The van der Waals surface area contributed by atoms with E-state index in [9.17, 15) is 18.4 Å². The normalized spacial score (nSPS) is 18.9. The van der Waals surface area contributed by atoms with Crippen LogP contribution < -0.4 is 4.72 Å². The lowest BCUT2D eigenvalue weighted by Crippen LogP contribution is -2.58. The number of benzene rings is 1. The molecule has 27 heavy (non-hydrogen) atoms. The van der Waals surface area contributed by atoms with E-state index in [2.05, 4.69) is 14.9 Å². The zero-order valence-corrected chi connectivity index (χ0v) is 15.9. The molecule has 1 aliphatic heterocycles. The third-order valence-corrected chi connectivity index (χ3v) is 6.29. The molecule has 1 fully saturated rings. The number of nitrogens with one attached hydrogen (secondary N) is 2. The Morgan fingerprint density at radius 3 is 2.59 bits per heavy atom. The summed E-state index contributed by atoms with van der Waals surface area (Å²) < 4.78 is 28.9. The zero-order valence-electron chi connectivity index (χ0n) is 15.0. The molecule has 0 aliphatic carbocycles. The quantitative estimate of drug-likeness (QED) is 0.398. The SMILES string of the molecule is C[N+]1([O-])CCN(S(=O)(=O)N[C@@H](Cc2ccccc2)C(=O)c2cn[nH]c2)CC1. The van der Waals surface area contributed by atoms with Crippen LogP contribution in [0, 0.1) is 5.21 Å². The van der Waals surface area contributed by atoms with Crippen molar-refractivity contribution in [2.45, 2.75) is 12.5 Å². The van der Waals surface area contributed by atoms with Gasteiger partial charge in [0.15, 0.2) is 5.78 Å². The highest BCUT2D eigenvalue weighted by molar-refractivity contribution is 7.87. The van der Waals surface area contributed by atoms with Gasteiger partial charge in [0.25, 0.3) is 10.2 Å². The summed E-state index contributed by atoms with van der Waals surface area (Å²) in [6, 6.07) is 8.23. The molecule has 2 N–H and O–H groups in total. The Labute approximate surface area is 158 Å². The number of H-pyrrole nitrogens is 1. The van der Waals surface area contributed by atoms with Gasteiger partial charge in [-0.05, 0) is 12.0 Å². The summed E-state index contributed by atoms with van der Waals surface area (Å²) in [7, 11) is -2.38. The minimum Gasteiger partial charge on any atom is -0.633 e. The summed E-state index contributed by atoms with van der Waals surface area (Å²) >= 11 is 0. The van der Waals surface area contributed by atoms with Crippen LogP contribution in [0.5, 0.6) is 0 Å². The van der Waals surface area contributed by atoms with Gasteiger partial charge in [-0.3, -0.25) is 9.89 Å². The first-order valence-electron chi connectivity index (χ1n) is 8.67. The first-order chi connectivity index (χ1) is 12.8. The maximum atomic E-state index is 12.8. The fourth-order valence-electron chi connectivity index (χ4n) is 2.99. The van der Waals surface area contributed by atoms with Crippen LogP contribution in [0.25, 0.3) is 0 Å². The third-order valence-electron chi connectivity index (χ3n) is 4.66. The maximum Gasteiger partial charge on any atom is 0.280 e. The standard InChI is InChI=1S/C17H23N5O4S/c1-22(24)9-7-21(8-10-22)27(25,26)20-16(11-14-5-3-2-4-6-14)17(23)15-12-18-19-13-15/h2-6,12-13,16,20H,7-11H2,1H3,(H,18,19)/t16-/m0/s1. The summed E-state index contributed by atoms with van der Waals surface area (Å²) in [4.78, 5) is 12.8. The number of rotatable bonds is 7. The molecule has 9 nitrogen and oxygen atoms in total. The lowest BCUT2D eigenvalue weighted by molar-refractivity contribution is -0.864. The molecule has 0 bridgehead atoms. The second-order valence-corrected chi connectivity index (χ2v) is 8.56. The minimum atomic E-state index is -3.91. The number of likely N-dealkylation sites (N-methyl/N-ethyl adjacent to an activating group) is 1. The Morgan fingerprint density at radius 2 is 2.00 bits per heavy atom. The van der Waals surface area contributed by atoms with E-state index >= 15 is 0 Å². The van der Waals surface area contributed by atoms with Gasteiger partial charge in [-0.15, -0.1) is 0 Å². The molecule has 3 rings (SSSR count). The number of nitrogens with zero attached hydrogens (tertiary/aromatic N) is 3. The van der Waals surface area contributed by atoms with E-state index in [-0.39, 0.29) is 38.4 Å². The van der Waals surface area contributed by atoms with Gasteiger partial charge in [-0.1, -0.05) is 30.3 Å². The van der Waals surface area contributed by atoms with Crippen LogP contribution in [0.15, 0.2) is 42.7 Å². The summed E-state index contributed by atoms with van der Waals surface area (Å²) in [5, 5.41) is 18.3. The van der Waals surface area contributed by atoms with Crippen molar-refractivity contribution in [3.8, 4) is 0 Å². The summed E-state index contributed by atoms with van der Waals surface area (Å²) in [6.45, 7) is 0.598. The molecule has 0 unspecified atom stereocenters. The van der Waals surface area contributed by atoms with E-state index in [1.54, 1.807) is 0 Å². The van der Waals surface area contributed by atoms with Gasteiger partial charge in [0.2, 0.25) is 0 Å². The molecule has 0 spiro atoms. The fourth-order valence-corrected chi connectivity index (χ4v) is 4.33. The second-order valence-electron chi connectivity index (χ2n) is 6.86. The van der Waals surface area contributed by atoms with Gasteiger partial charge >= 0.3 is 0 Å². The number of carbonyl (C=O) groups is 1. The predicted molar refractivity (Wildman–Crippen MR) is 99.8 cm³/mol. The monoisotopic (exact) mass is 393 g/mol. The number of Topliss-reactive ketones (excluding diaryl/α,β-unsaturated/α-hetero) is 1. The lowest BCUT2D eigenvalue weighted by atomic mass is 10.0. The zero-order chi connectivity index (χ0) is 19.5. The van der Waals surface area contributed by atoms with E-state index in [1.807, 2.05) is 30.3 Å². The van der Waals surface area contributed by atoms with E-state index in [4.69, 9.17) is 0 Å². The van der Waals surface area contributed by atoms with Crippen molar-refractivity contribution in [1.82, 2.24) is 19.2 Å². The van der Waals surface area contributed by atoms with Gasteiger partial charge in [0.05, 0.1) is 51.0 Å². The Bertz CT molecular complexity index is 858. The third kappa shape index (κ3) is 4.99. The number of hydroxylamine groups is 3. The van der Waals surface area contributed by atoms with Crippen LogP contribution in [0.4, 0.5) is 0 Å². The van der Waals surface area contributed by atoms with Crippen molar-refractivity contribution in [3.05, 3.63) is 59.1 Å². The topological polar surface area (TPSA) is 118 Å². The fraction of sp³-hybridized carbons (Fsp3) is 0.412. The second kappa shape index (κ2) is 7.87. The molecular formula is C17H23N5O4S. The molecule has 2 aromatic rings. The number of carbonyl (C=O) groups excluding carboxylic acids is 1. The van der Waals surface area contributed by atoms with Crippen LogP contribution >= 0.6 is 0 Å². The largest absolute Gasteiger partial charge is 0.633 e. The van der Waals surface area contributed by atoms with Gasteiger partial charge in [0, 0.05) is 6.20 Å². The van der Waals surface area contributed by atoms with Crippen LogP contribution in [0.3, 0.4) is 0 Å². The Balaban J connectivity index is 1.79. The molecule has 1 aromatic carbocycles. The Hall–Kier alpha value is -2.11. The number of ketones is 1. The average molecular weight is 393 g/mol. The van der Waals surface area contributed by atoms with E-state index in [0.717, 1.165) is 5.56 Å². The van der Waals surface area contributed by atoms with E-state index < -0.39 is 20.9 Å².